The van der Waals surface area contributed by atoms with E-state index in [1.54, 1.807) is 29.6 Å². The summed E-state index contributed by atoms with van der Waals surface area (Å²) in [5, 5.41) is 19.0. The van der Waals surface area contributed by atoms with Gasteiger partial charge >= 0.3 is 6.18 Å². The van der Waals surface area contributed by atoms with E-state index in [9.17, 15) is 31.5 Å². The van der Waals surface area contributed by atoms with Crippen LogP contribution in [-0.2, 0) is 29.2 Å². The Kier molecular flexibility index (Phi) is 10.7. The van der Waals surface area contributed by atoms with Crippen molar-refractivity contribution in [2.75, 3.05) is 35.0 Å². The van der Waals surface area contributed by atoms with E-state index in [2.05, 4.69) is 10.6 Å². The van der Waals surface area contributed by atoms with Crippen LogP contribution in [0, 0.1) is 0 Å². The van der Waals surface area contributed by atoms with Crippen LogP contribution in [0.1, 0.15) is 46.8 Å². The van der Waals surface area contributed by atoms with Crippen LogP contribution in [0.4, 0.5) is 24.5 Å². The number of aliphatic hydroxyl groups excluding tert-OH is 1. The van der Waals surface area contributed by atoms with E-state index in [0.29, 0.717) is 49.3 Å². The molecular formula is C31H38F3N4O4S+. The minimum absolute atomic E-state index is 0.0440. The lowest BCUT2D eigenvalue weighted by molar-refractivity contribution is -0.676. The minimum atomic E-state index is -4.44. The van der Waals surface area contributed by atoms with Gasteiger partial charge in [0.05, 0.1) is 23.0 Å². The number of sulfonamides is 1. The Morgan fingerprint density at radius 1 is 1.02 bits per heavy atom. The van der Waals surface area contributed by atoms with E-state index in [-0.39, 0.29) is 24.4 Å². The highest BCUT2D eigenvalue weighted by atomic mass is 32.2. The summed E-state index contributed by atoms with van der Waals surface area (Å²) >= 11 is 0. The maximum Gasteiger partial charge on any atom is 0.416 e. The summed E-state index contributed by atoms with van der Waals surface area (Å²) < 4.78 is 66.2. The van der Waals surface area contributed by atoms with Gasteiger partial charge in [0.2, 0.25) is 10.0 Å². The van der Waals surface area contributed by atoms with Crippen molar-refractivity contribution in [1.82, 2.24) is 5.32 Å². The van der Waals surface area contributed by atoms with Gasteiger partial charge < -0.3 is 21.1 Å². The molecule has 0 aromatic heterocycles. The van der Waals surface area contributed by atoms with Gasteiger partial charge in [-0.3, -0.25) is 9.10 Å². The van der Waals surface area contributed by atoms with Gasteiger partial charge in [-0.05, 0) is 62.1 Å². The van der Waals surface area contributed by atoms with Crippen LogP contribution in [-0.4, -0.2) is 57.0 Å². The molecule has 1 heterocycles. The molecule has 0 bridgehead atoms. The molecule has 0 saturated carbocycles. The van der Waals surface area contributed by atoms with Gasteiger partial charge in [-0.15, -0.1) is 0 Å². The fourth-order valence-corrected chi connectivity index (χ4v) is 6.76. The fraction of sp³-hybridized carbons (Fsp3) is 0.387. The second kappa shape index (κ2) is 14.2. The molecule has 232 valence electrons. The van der Waals surface area contributed by atoms with Crippen molar-refractivity contribution in [3.8, 4) is 0 Å². The van der Waals surface area contributed by atoms with Crippen LogP contribution in [0.25, 0.3) is 0 Å². The van der Waals surface area contributed by atoms with Crippen LogP contribution in [0.5, 0.6) is 0 Å². The number of hydrogen-bond donors (Lipinski definition) is 4. The first-order valence-corrected chi connectivity index (χ1v) is 16.0. The van der Waals surface area contributed by atoms with Crippen LogP contribution in [0.3, 0.4) is 0 Å². The van der Waals surface area contributed by atoms with Gasteiger partial charge in [0.25, 0.3) is 5.91 Å². The number of anilines is 2. The normalized spacial score (nSPS) is 16.3. The number of nitrogens with one attached hydrogen (secondary N) is 2. The predicted molar refractivity (Wildman–Crippen MR) is 160 cm³/mol. The number of hydrogen-bond acceptors (Lipinski definition) is 5. The van der Waals surface area contributed by atoms with Crippen molar-refractivity contribution in [3.63, 3.8) is 0 Å². The number of carbonyl (C=O) groups excluding carboxylic acids is 1. The summed E-state index contributed by atoms with van der Waals surface area (Å²) in [5.41, 5.74) is 1.85. The Morgan fingerprint density at radius 3 is 2.47 bits per heavy atom. The molecule has 43 heavy (non-hydrogen) atoms. The molecule has 1 aliphatic rings. The van der Waals surface area contributed by atoms with E-state index in [4.69, 9.17) is 0 Å². The van der Waals surface area contributed by atoms with Crippen molar-refractivity contribution >= 4 is 27.3 Å². The number of amides is 1. The molecule has 3 aromatic rings. The van der Waals surface area contributed by atoms with E-state index >= 15 is 0 Å². The van der Waals surface area contributed by atoms with Crippen LogP contribution in [0.2, 0.25) is 0 Å². The van der Waals surface area contributed by atoms with E-state index in [1.165, 1.54) is 10.4 Å². The Labute approximate surface area is 250 Å². The lowest BCUT2D eigenvalue weighted by Crippen LogP contribution is -2.85. The van der Waals surface area contributed by atoms with Crippen LogP contribution in [0.15, 0.2) is 72.8 Å². The first-order chi connectivity index (χ1) is 20.5. The molecule has 12 heteroatoms. The summed E-state index contributed by atoms with van der Waals surface area (Å²) in [4.78, 5) is 13.6. The molecule has 4 rings (SSSR count). The maximum atomic E-state index is 13.6. The Balaban J connectivity index is 1.52. The Morgan fingerprint density at radius 2 is 1.77 bits per heavy atom. The molecule has 5 N–H and O–H groups in total. The first-order valence-electron chi connectivity index (χ1n) is 14.4. The molecule has 0 spiro atoms. The first kappa shape index (κ1) is 32.3. The molecular weight excluding hydrogens is 581 g/mol. The van der Waals surface area contributed by atoms with Gasteiger partial charge in [-0.2, -0.15) is 13.2 Å². The molecule has 1 amide bonds. The van der Waals surface area contributed by atoms with Crippen molar-refractivity contribution < 1.29 is 36.8 Å². The zero-order valence-electron chi connectivity index (χ0n) is 24.0. The third kappa shape index (κ3) is 8.94. The van der Waals surface area contributed by atoms with Crippen LogP contribution >= 0.6 is 0 Å². The lowest BCUT2D eigenvalue weighted by atomic mass is 10.00. The van der Waals surface area contributed by atoms with Crippen molar-refractivity contribution in [2.24, 2.45) is 0 Å². The standard InChI is InChI=1S/C31H37F3N4O4S/c1-2-36-26-17-24(18-27(19-26)38-13-6-7-14-43(38,41)42)30(40)37-28(16-22-9-4-3-5-10-22)29(39)21-35-20-23-11-8-12-25(15-23)31(32,33)34/h3-5,8-12,15,17-19,28-29,35-36,39H,2,6-7,13-14,16,20-21H2,1H3,(H,37,40)/p+1. The topological polar surface area (TPSA) is 115 Å². The number of quaternary nitrogens is 1. The molecule has 3 aromatic carbocycles. The third-order valence-corrected chi connectivity index (χ3v) is 9.19. The molecule has 1 saturated heterocycles. The van der Waals surface area contributed by atoms with Gasteiger partial charge in [-0.25, -0.2) is 8.42 Å². The number of alkyl halides is 3. The van der Waals surface area contributed by atoms with Crippen molar-refractivity contribution in [2.45, 2.75) is 51.1 Å². The number of nitrogens with zero attached hydrogens (tertiary/aromatic N) is 1. The Bertz CT molecular complexity index is 1490. The number of halogens is 3. The van der Waals surface area contributed by atoms with Gasteiger partial charge in [0, 0.05) is 29.9 Å². The summed E-state index contributed by atoms with van der Waals surface area (Å²) in [6.45, 7) is 3.13. The second-order valence-electron chi connectivity index (χ2n) is 10.7. The summed E-state index contributed by atoms with van der Waals surface area (Å²) in [6, 6.07) is 18.5. The molecule has 2 atom stereocenters. The van der Waals surface area contributed by atoms with Crippen molar-refractivity contribution in [3.05, 3.63) is 95.1 Å². The van der Waals surface area contributed by atoms with Gasteiger partial charge in [0.1, 0.15) is 19.2 Å². The highest BCUT2D eigenvalue weighted by Gasteiger charge is 2.31. The average molecular weight is 620 g/mol. The fourth-order valence-electron chi connectivity index (χ4n) is 5.13. The van der Waals surface area contributed by atoms with E-state index in [1.807, 2.05) is 37.3 Å². The summed E-state index contributed by atoms with van der Waals surface area (Å²) in [6.07, 6.45) is -3.86. The predicted octanol–water partition coefficient (Wildman–Crippen LogP) is 3.53. The zero-order chi connectivity index (χ0) is 31.0. The molecule has 1 fully saturated rings. The molecule has 0 aliphatic carbocycles. The molecule has 1 aliphatic heterocycles. The minimum Gasteiger partial charge on any atom is -0.385 e. The zero-order valence-corrected chi connectivity index (χ0v) is 24.8. The third-order valence-electron chi connectivity index (χ3n) is 7.32. The summed E-state index contributed by atoms with van der Waals surface area (Å²) in [5.74, 6) is -0.435. The largest absolute Gasteiger partial charge is 0.416 e. The monoisotopic (exact) mass is 619 g/mol. The van der Waals surface area contributed by atoms with Gasteiger partial charge in [-0.1, -0.05) is 42.5 Å². The SMILES string of the molecule is CCNc1cc(C(=O)NC(Cc2ccccc2)C(O)C[NH2+]Cc2cccc(C(F)(F)F)c2)cc(N2CCCCS2(=O)=O)c1. The molecule has 0 radical (unpaired) electrons. The molecule has 2 unspecified atom stereocenters. The van der Waals surface area contributed by atoms with Crippen LogP contribution < -0.4 is 20.3 Å². The average Bonchev–Trinajstić information content (AvgIpc) is 2.97. The van der Waals surface area contributed by atoms with E-state index in [0.717, 1.165) is 17.7 Å². The smallest absolute Gasteiger partial charge is 0.385 e. The van der Waals surface area contributed by atoms with E-state index < -0.39 is 39.8 Å². The van der Waals surface area contributed by atoms with Crippen molar-refractivity contribution in [1.29, 1.82) is 0 Å². The molecule has 8 nitrogen and oxygen atoms in total. The number of rotatable bonds is 12. The summed E-state index contributed by atoms with van der Waals surface area (Å²) in [7, 11) is -3.50. The quantitative estimate of drug-likeness (QED) is 0.248. The lowest BCUT2D eigenvalue weighted by Gasteiger charge is -2.29. The highest BCUT2D eigenvalue weighted by molar-refractivity contribution is 7.92. The number of aliphatic hydroxyl groups is 1. The number of carbonyl (C=O) groups is 1. The number of benzene rings is 3. The number of nitrogens with two attached hydrogens (primary N) is 1. The second-order valence-corrected chi connectivity index (χ2v) is 12.7. The Hall–Kier alpha value is -3.61. The highest BCUT2D eigenvalue weighted by Crippen LogP contribution is 2.30. The van der Waals surface area contributed by atoms with Gasteiger partial charge in [0.15, 0.2) is 0 Å². The maximum absolute atomic E-state index is 13.6.